The minimum atomic E-state index is -0.725. The van der Waals surface area contributed by atoms with Crippen molar-refractivity contribution >= 4 is 13.7 Å². The molecule has 0 fully saturated rings. The van der Waals surface area contributed by atoms with Crippen LogP contribution in [-0.2, 0) is 4.74 Å². The van der Waals surface area contributed by atoms with E-state index in [-0.39, 0.29) is 5.92 Å². The van der Waals surface area contributed by atoms with Crippen molar-refractivity contribution < 1.29 is 9.53 Å². The number of hydrogen-bond donors (Lipinski definition) is 0. The Balaban J connectivity index is 2.06. The van der Waals surface area contributed by atoms with E-state index in [1.54, 1.807) is 0 Å². The van der Waals surface area contributed by atoms with Crippen LogP contribution in [-0.4, -0.2) is 20.3 Å². The topological polar surface area (TPSA) is 26.3 Å². The zero-order valence-corrected chi connectivity index (χ0v) is 9.80. The maximum absolute atomic E-state index is 10.8. The quantitative estimate of drug-likeness (QED) is 0.746. The van der Waals surface area contributed by atoms with Crippen molar-refractivity contribution in [3.05, 3.63) is 59.7 Å². The molecule has 1 aliphatic carbocycles. The first kappa shape index (κ1) is 11.1. The normalized spacial score (nSPS) is 12.9. The van der Waals surface area contributed by atoms with Crippen LogP contribution in [0.3, 0.4) is 0 Å². The van der Waals surface area contributed by atoms with Gasteiger partial charge in [0, 0.05) is 5.92 Å². The average molecular weight is 234 g/mol. The number of fused-ring (bicyclic) bond motifs is 3. The summed E-state index contributed by atoms with van der Waals surface area (Å²) in [5.74, 6) is -0.637. The van der Waals surface area contributed by atoms with Gasteiger partial charge in [-0.1, -0.05) is 48.5 Å². The van der Waals surface area contributed by atoms with Crippen molar-refractivity contribution in [3.63, 3.8) is 0 Å². The van der Waals surface area contributed by atoms with Crippen LogP contribution in [0.2, 0.25) is 0 Å². The van der Waals surface area contributed by atoms with Gasteiger partial charge in [-0.3, -0.25) is 4.79 Å². The molecule has 0 amide bonds. The molecule has 2 radical (unpaired) electrons. The first-order valence-corrected chi connectivity index (χ1v) is 5.88. The lowest BCUT2D eigenvalue weighted by Gasteiger charge is -2.13. The van der Waals surface area contributed by atoms with E-state index in [0.29, 0.717) is 6.61 Å². The summed E-state index contributed by atoms with van der Waals surface area (Å²) in [6.07, 6.45) is 0. The molecule has 0 bridgehead atoms. The lowest BCUT2D eigenvalue weighted by Crippen LogP contribution is -2.10. The second-order valence-corrected chi connectivity index (χ2v) is 4.36. The molecule has 0 saturated carbocycles. The Morgan fingerprint density at radius 1 is 1.00 bits per heavy atom. The summed E-state index contributed by atoms with van der Waals surface area (Å²) in [6.45, 7) is 0.295. The lowest BCUT2D eigenvalue weighted by molar-refractivity contribution is 0.170. The zero-order valence-electron chi connectivity index (χ0n) is 9.80. The Morgan fingerprint density at radius 2 is 1.50 bits per heavy atom. The Kier molecular flexibility index (Phi) is 2.67. The predicted octanol–water partition coefficient (Wildman–Crippen LogP) is 3.10. The largest absolute Gasteiger partial charge is 0.474 e. The molecule has 0 atom stereocenters. The highest BCUT2D eigenvalue weighted by atomic mass is 16.5. The smallest absolute Gasteiger partial charge is 0.235 e. The van der Waals surface area contributed by atoms with Gasteiger partial charge >= 0.3 is 0 Å². The van der Waals surface area contributed by atoms with Crippen molar-refractivity contribution in [1.29, 1.82) is 0 Å². The van der Waals surface area contributed by atoms with Gasteiger partial charge in [0.05, 0.1) is 0 Å². The van der Waals surface area contributed by atoms with Gasteiger partial charge in [-0.15, -0.1) is 0 Å². The third-order valence-electron chi connectivity index (χ3n) is 3.35. The van der Waals surface area contributed by atoms with Crippen LogP contribution in [0.4, 0.5) is 4.79 Å². The maximum Gasteiger partial charge on any atom is 0.235 e. The maximum atomic E-state index is 10.8. The Hall–Kier alpha value is -2.03. The number of hydrogen-bond acceptors (Lipinski definition) is 2. The molecule has 0 aromatic heterocycles. The van der Waals surface area contributed by atoms with Crippen LogP contribution >= 0.6 is 0 Å². The van der Waals surface area contributed by atoms with Gasteiger partial charge in [-0.05, 0) is 22.3 Å². The highest BCUT2D eigenvalue weighted by Crippen LogP contribution is 2.44. The molecule has 2 nitrogen and oxygen atoms in total. The van der Waals surface area contributed by atoms with Gasteiger partial charge in [-0.2, -0.15) is 0 Å². The fourth-order valence-electron chi connectivity index (χ4n) is 2.60. The molecule has 1 aliphatic rings. The second-order valence-electron chi connectivity index (χ2n) is 4.36. The van der Waals surface area contributed by atoms with E-state index in [0.717, 1.165) is 0 Å². The van der Waals surface area contributed by atoms with Crippen LogP contribution < -0.4 is 0 Å². The number of benzene rings is 2. The van der Waals surface area contributed by atoms with Gasteiger partial charge < -0.3 is 4.74 Å². The molecule has 0 spiro atoms. The van der Waals surface area contributed by atoms with Gasteiger partial charge in [0.15, 0.2) is 0 Å². The highest BCUT2D eigenvalue weighted by Gasteiger charge is 2.28. The van der Waals surface area contributed by atoms with E-state index in [9.17, 15) is 4.79 Å². The molecule has 3 rings (SSSR count). The SMILES string of the molecule is [B]C(=O)OCC1c2ccccc2-c2ccccc21. The van der Waals surface area contributed by atoms with E-state index in [1.807, 2.05) is 24.3 Å². The Morgan fingerprint density at radius 3 is 2.00 bits per heavy atom. The van der Waals surface area contributed by atoms with Crippen LogP contribution in [0.5, 0.6) is 0 Å². The summed E-state index contributed by atoms with van der Waals surface area (Å²) in [5, 5.41) is 0. The Labute approximate surface area is 107 Å². The molecule has 3 heteroatoms. The average Bonchev–Trinajstić information content (AvgIpc) is 2.71. The van der Waals surface area contributed by atoms with Crippen LogP contribution in [0.25, 0.3) is 11.1 Å². The molecule has 2 aromatic carbocycles. The number of carbonyl (C=O) groups excluding carboxylic acids is 1. The summed E-state index contributed by atoms with van der Waals surface area (Å²) >= 11 is 0. The summed E-state index contributed by atoms with van der Waals surface area (Å²) in [7, 11) is 5.05. The standard InChI is InChI=1S/C15H11BO2/c16-15(17)18-9-14-12-7-3-1-5-10(12)11-6-2-4-8-13(11)14/h1-8,14H,9H2. The van der Waals surface area contributed by atoms with E-state index >= 15 is 0 Å². The minimum absolute atomic E-state index is 0.0879. The third-order valence-corrected chi connectivity index (χ3v) is 3.35. The van der Waals surface area contributed by atoms with Crippen molar-refractivity contribution in [1.82, 2.24) is 0 Å². The van der Waals surface area contributed by atoms with E-state index in [2.05, 4.69) is 24.3 Å². The number of carbonyl (C=O) groups is 1. The molecular formula is C15H11BO2. The van der Waals surface area contributed by atoms with Crippen molar-refractivity contribution in [3.8, 4) is 11.1 Å². The summed E-state index contributed by atoms with van der Waals surface area (Å²) in [4.78, 5) is 10.8. The Bertz CT molecular complexity index is 561. The second kappa shape index (κ2) is 4.33. The monoisotopic (exact) mass is 234 g/mol. The van der Waals surface area contributed by atoms with Gasteiger partial charge in [-0.25, -0.2) is 0 Å². The predicted molar refractivity (Wildman–Crippen MR) is 70.8 cm³/mol. The molecule has 0 aliphatic heterocycles. The molecule has 86 valence electrons. The highest BCUT2D eigenvalue weighted by molar-refractivity contribution is 6.55. The van der Waals surface area contributed by atoms with Crippen molar-refractivity contribution in [2.24, 2.45) is 0 Å². The van der Waals surface area contributed by atoms with Gasteiger partial charge in [0.1, 0.15) is 6.61 Å². The first-order chi connectivity index (χ1) is 8.77. The van der Waals surface area contributed by atoms with E-state index < -0.39 is 5.87 Å². The number of ether oxygens (including phenoxy) is 1. The van der Waals surface area contributed by atoms with Crippen LogP contribution in [0.1, 0.15) is 17.0 Å². The molecule has 0 saturated heterocycles. The van der Waals surface area contributed by atoms with Gasteiger partial charge in [0.25, 0.3) is 0 Å². The van der Waals surface area contributed by atoms with Crippen molar-refractivity contribution in [2.75, 3.05) is 6.61 Å². The van der Waals surface area contributed by atoms with E-state index in [4.69, 9.17) is 12.6 Å². The molecule has 18 heavy (non-hydrogen) atoms. The fraction of sp³-hybridized carbons (Fsp3) is 0.133. The molecule has 0 heterocycles. The molecule has 0 unspecified atom stereocenters. The summed E-state index contributed by atoms with van der Waals surface area (Å²) in [6, 6.07) is 16.4. The molecular weight excluding hydrogens is 223 g/mol. The minimum Gasteiger partial charge on any atom is -0.474 e. The summed E-state index contributed by atoms with van der Waals surface area (Å²) in [5.41, 5.74) is 4.82. The lowest BCUT2D eigenvalue weighted by atomic mass is 9.98. The zero-order chi connectivity index (χ0) is 12.5. The van der Waals surface area contributed by atoms with Crippen LogP contribution in [0, 0.1) is 0 Å². The number of rotatable bonds is 2. The van der Waals surface area contributed by atoms with E-state index in [1.165, 1.54) is 22.3 Å². The third kappa shape index (κ3) is 1.72. The molecule has 0 N–H and O–H groups in total. The van der Waals surface area contributed by atoms with Gasteiger partial charge in [0.2, 0.25) is 13.7 Å². The molecule has 2 aromatic rings. The first-order valence-electron chi connectivity index (χ1n) is 5.88. The van der Waals surface area contributed by atoms with Crippen molar-refractivity contribution in [2.45, 2.75) is 5.92 Å². The summed E-state index contributed by atoms with van der Waals surface area (Å²) < 4.78 is 4.98. The van der Waals surface area contributed by atoms with Crippen LogP contribution in [0.15, 0.2) is 48.5 Å². The fourth-order valence-corrected chi connectivity index (χ4v) is 2.60.